The molecule has 2 aliphatic rings. The maximum Gasteiger partial charge on any atom is 0.221 e. The van der Waals surface area contributed by atoms with E-state index in [2.05, 4.69) is 28.4 Å². The van der Waals surface area contributed by atoms with E-state index in [-0.39, 0.29) is 18.3 Å². The maximum absolute atomic E-state index is 11.1. The number of benzene rings is 2. The van der Waals surface area contributed by atoms with Crippen LogP contribution in [0.3, 0.4) is 0 Å². The number of rotatable bonds is 4. The smallest absolute Gasteiger partial charge is 0.221 e. The fourth-order valence-corrected chi connectivity index (χ4v) is 4.15. The van der Waals surface area contributed by atoms with Gasteiger partial charge in [-0.15, -0.1) is 12.4 Å². The van der Waals surface area contributed by atoms with Crippen LogP contribution in [0.25, 0.3) is 0 Å². The SMILES string of the molecule is CC(=O)Nc1ccc(CCN2CC3COc4ccc(C#N)cc4C3C2)cc1.Cl. The van der Waals surface area contributed by atoms with E-state index in [9.17, 15) is 10.1 Å². The van der Waals surface area contributed by atoms with Crippen LogP contribution in [-0.2, 0) is 11.2 Å². The van der Waals surface area contributed by atoms with Crippen molar-refractivity contribution in [3.05, 3.63) is 59.2 Å². The van der Waals surface area contributed by atoms with Gasteiger partial charge in [0.05, 0.1) is 18.2 Å². The summed E-state index contributed by atoms with van der Waals surface area (Å²) in [5.74, 6) is 1.83. The molecule has 0 spiro atoms. The van der Waals surface area contributed by atoms with Crippen LogP contribution in [0.1, 0.15) is 29.5 Å². The average Bonchev–Trinajstić information content (AvgIpc) is 3.10. The van der Waals surface area contributed by atoms with E-state index in [1.54, 1.807) is 0 Å². The van der Waals surface area contributed by atoms with Crippen molar-refractivity contribution in [1.82, 2.24) is 4.90 Å². The summed E-state index contributed by atoms with van der Waals surface area (Å²) in [6.07, 6.45) is 0.978. The zero-order valence-electron chi connectivity index (χ0n) is 15.9. The molecule has 2 aromatic rings. The molecule has 4 rings (SSSR count). The van der Waals surface area contributed by atoms with E-state index in [0.717, 1.165) is 44.1 Å². The molecule has 1 fully saturated rings. The Kier molecular flexibility index (Phi) is 6.23. The minimum Gasteiger partial charge on any atom is -0.493 e. The number of nitrogens with one attached hydrogen (secondary N) is 1. The number of hydrogen-bond donors (Lipinski definition) is 1. The molecule has 0 aromatic heterocycles. The summed E-state index contributed by atoms with van der Waals surface area (Å²) in [4.78, 5) is 13.6. The van der Waals surface area contributed by atoms with Crippen LogP contribution in [-0.4, -0.2) is 37.0 Å². The summed E-state index contributed by atoms with van der Waals surface area (Å²) in [6, 6.07) is 16.1. The number of nitrogens with zero attached hydrogens (tertiary/aromatic N) is 2. The highest BCUT2D eigenvalue weighted by atomic mass is 35.5. The number of nitriles is 1. The molecule has 0 radical (unpaired) electrons. The van der Waals surface area contributed by atoms with Crippen molar-refractivity contribution in [2.45, 2.75) is 19.3 Å². The largest absolute Gasteiger partial charge is 0.493 e. The van der Waals surface area contributed by atoms with Crippen molar-refractivity contribution >= 4 is 24.0 Å². The number of fused-ring (bicyclic) bond motifs is 3. The molecule has 2 heterocycles. The summed E-state index contributed by atoms with van der Waals surface area (Å²) in [5.41, 5.74) is 3.99. The Morgan fingerprint density at radius 3 is 2.75 bits per heavy atom. The number of carbonyl (C=O) groups excluding carboxylic acids is 1. The molecular formula is C22H24ClN3O2. The Hall–Kier alpha value is -2.55. The predicted octanol–water partition coefficient (Wildman–Crippen LogP) is 3.59. The molecule has 2 atom stereocenters. The van der Waals surface area contributed by atoms with E-state index in [1.807, 2.05) is 30.3 Å². The summed E-state index contributed by atoms with van der Waals surface area (Å²) in [7, 11) is 0. The van der Waals surface area contributed by atoms with Crippen molar-refractivity contribution in [1.29, 1.82) is 5.26 Å². The second-order valence-corrected chi connectivity index (χ2v) is 7.43. The lowest BCUT2D eigenvalue weighted by Crippen LogP contribution is -2.25. The third kappa shape index (κ3) is 4.30. The first kappa shape index (κ1) is 20.2. The van der Waals surface area contributed by atoms with Crippen molar-refractivity contribution in [3.8, 4) is 11.8 Å². The average molecular weight is 398 g/mol. The van der Waals surface area contributed by atoms with Gasteiger partial charge >= 0.3 is 0 Å². The van der Waals surface area contributed by atoms with E-state index >= 15 is 0 Å². The van der Waals surface area contributed by atoms with Gasteiger partial charge in [-0.05, 0) is 42.3 Å². The molecule has 5 nitrogen and oxygen atoms in total. The molecular weight excluding hydrogens is 374 g/mol. The number of hydrogen-bond acceptors (Lipinski definition) is 4. The topological polar surface area (TPSA) is 65.4 Å². The summed E-state index contributed by atoms with van der Waals surface area (Å²) < 4.78 is 5.92. The Morgan fingerprint density at radius 2 is 2.04 bits per heavy atom. The van der Waals surface area contributed by atoms with Crippen LogP contribution < -0.4 is 10.1 Å². The van der Waals surface area contributed by atoms with Crippen LogP contribution in [0.2, 0.25) is 0 Å². The van der Waals surface area contributed by atoms with Gasteiger partial charge in [0.2, 0.25) is 5.91 Å². The maximum atomic E-state index is 11.1. The minimum absolute atomic E-state index is 0. The fourth-order valence-electron chi connectivity index (χ4n) is 4.15. The van der Waals surface area contributed by atoms with Crippen molar-refractivity contribution in [3.63, 3.8) is 0 Å². The lowest BCUT2D eigenvalue weighted by molar-refractivity contribution is -0.114. The van der Waals surface area contributed by atoms with Gasteiger partial charge in [0, 0.05) is 49.6 Å². The monoisotopic (exact) mass is 397 g/mol. The molecule has 1 amide bonds. The Labute approximate surface area is 171 Å². The Morgan fingerprint density at radius 1 is 1.25 bits per heavy atom. The Bertz CT molecular complexity index is 892. The van der Waals surface area contributed by atoms with Gasteiger partial charge in [0.25, 0.3) is 0 Å². The summed E-state index contributed by atoms with van der Waals surface area (Å²) >= 11 is 0. The van der Waals surface area contributed by atoms with Gasteiger partial charge in [0.1, 0.15) is 5.75 Å². The van der Waals surface area contributed by atoms with Crippen LogP contribution in [0.4, 0.5) is 5.69 Å². The van der Waals surface area contributed by atoms with E-state index in [1.165, 1.54) is 18.1 Å². The van der Waals surface area contributed by atoms with E-state index in [0.29, 0.717) is 17.4 Å². The minimum atomic E-state index is -0.0514. The highest BCUT2D eigenvalue weighted by Gasteiger charge is 2.38. The first-order valence-corrected chi connectivity index (χ1v) is 9.38. The van der Waals surface area contributed by atoms with Crippen LogP contribution in [0.5, 0.6) is 5.75 Å². The molecule has 0 aliphatic carbocycles. The highest BCUT2D eigenvalue weighted by Crippen LogP contribution is 2.41. The van der Waals surface area contributed by atoms with E-state index in [4.69, 9.17) is 4.74 Å². The van der Waals surface area contributed by atoms with Gasteiger partial charge in [-0.3, -0.25) is 4.79 Å². The number of amides is 1. The number of halogens is 1. The quantitative estimate of drug-likeness (QED) is 0.856. The number of anilines is 1. The highest BCUT2D eigenvalue weighted by molar-refractivity contribution is 5.88. The van der Waals surface area contributed by atoms with Crippen LogP contribution >= 0.6 is 12.4 Å². The van der Waals surface area contributed by atoms with Gasteiger partial charge in [-0.2, -0.15) is 5.26 Å². The van der Waals surface area contributed by atoms with Gasteiger partial charge < -0.3 is 15.0 Å². The van der Waals surface area contributed by atoms with Gasteiger partial charge in [0.15, 0.2) is 0 Å². The molecule has 28 heavy (non-hydrogen) atoms. The lowest BCUT2D eigenvalue weighted by atomic mass is 9.86. The fraction of sp³-hybridized carbons (Fsp3) is 0.364. The molecule has 2 aliphatic heterocycles. The Balaban J connectivity index is 0.00000225. The molecule has 146 valence electrons. The molecule has 6 heteroatoms. The van der Waals surface area contributed by atoms with Gasteiger partial charge in [-0.25, -0.2) is 0 Å². The van der Waals surface area contributed by atoms with Crippen molar-refractivity contribution in [2.75, 3.05) is 31.6 Å². The standard InChI is InChI=1S/C22H23N3O2.ClH/c1-15(26)24-19-5-2-16(3-6-19)8-9-25-12-18-14-27-22-7-4-17(11-23)10-20(22)21(18)13-25;/h2-7,10,18,21H,8-9,12-14H2,1H3,(H,24,26);1H. The molecule has 1 saturated heterocycles. The molecule has 1 N–H and O–H groups in total. The zero-order valence-corrected chi connectivity index (χ0v) is 16.7. The van der Waals surface area contributed by atoms with Crippen LogP contribution in [0.15, 0.2) is 42.5 Å². The van der Waals surface area contributed by atoms with Crippen molar-refractivity contribution in [2.24, 2.45) is 5.92 Å². The third-order valence-electron chi connectivity index (χ3n) is 5.50. The number of ether oxygens (including phenoxy) is 1. The van der Waals surface area contributed by atoms with Crippen LogP contribution in [0, 0.1) is 17.2 Å². The summed E-state index contributed by atoms with van der Waals surface area (Å²) in [5, 5.41) is 12.0. The molecule has 2 aromatic carbocycles. The number of likely N-dealkylation sites (tertiary alicyclic amines) is 1. The first-order valence-electron chi connectivity index (χ1n) is 9.38. The molecule has 0 bridgehead atoms. The second-order valence-electron chi connectivity index (χ2n) is 7.43. The summed E-state index contributed by atoms with van der Waals surface area (Å²) in [6.45, 7) is 5.32. The zero-order chi connectivity index (χ0) is 18.8. The number of carbonyl (C=O) groups is 1. The van der Waals surface area contributed by atoms with E-state index < -0.39 is 0 Å². The molecule has 2 unspecified atom stereocenters. The first-order chi connectivity index (χ1) is 13.1. The predicted molar refractivity (Wildman–Crippen MR) is 111 cm³/mol. The van der Waals surface area contributed by atoms with Crippen molar-refractivity contribution < 1.29 is 9.53 Å². The normalized spacial score (nSPS) is 20.1. The third-order valence-corrected chi connectivity index (χ3v) is 5.50. The second kappa shape index (κ2) is 8.64. The lowest BCUT2D eigenvalue weighted by Gasteiger charge is -2.27. The van der Waals surface area contributed by atoms with Gasteiger partial charge in [-0.1, -0.05) is 12.1 Å². The molecule has 0 saturated carbocycles.